The van der Waals surface area contributed by atoms with Crippen molar-refractivity contribution in [2.24, 2.45) is 7.05 Å². The van der Waals surface area contributed by atoms with Crippen LogP contribution in [-0.2, 0) is 17.2 Å². The topological polar surface area (TPSA) is 93.3 Å². The molecule has 1 heterocycles. The minimum absolute atomic E-state index is 0.195. The van der Waals surface area contributed by atoms with Gasteiger partial charge < -0.3 is 5.32 Å². The molecule has 2 aromatic carbocycles. The van der Waals surface area contributed by atoms with Gasteiger partial charge in [0.15, 0.2) is 0 Å². The second-order valence-electron chi connectivity index (χ2n) is 6.02. The van der Waals surface area contributed by atoms with Crippen molar-refractivity contribution < 1.29 is 13.0 Å². The minimum atomic E-state index is -4.34. The molecule has 136 valence electrons. The van der Waals surface area contributed by atoms with E-state index in [1.165, 1.54) is 10.7 Å². The van der Waals surface area contributed by atoms with Crippen molar-refractivity contribution >= 4 is 21.5 Å². The maximum Gasteiger partial charge on any atom is 0.295 e. The Kier molecular flexibility index (Phi) is 4.47. The normalized spacial score (nSPS) is 11.5. The third-order valence-electron chi connectivity index (χ3n) is 4.29. The number of aromatic nitrogens is 2. The summed E-state index contributed by atoms with van der Waals surface area (Å²) in [5.41, 5.74) is 2.30. The fourth-order valence-electron chi connectivity index (χ4n) is 2.81. The largest absolute Gasteiger partial charge is 0.349 e. The number of aryl methyl sites for hydroxylation is 1. The molecule has 0 unspecified atom stereocenters. The third kappa shape index (κ3) is 3.16. The van der Waals surface area contributed by atoms with Gasteiger partial charge in [-0.1, -0.05) is 24.3 Å². The summed E-state index contributed by atoms with van der Waals surface area (Å²) in [4.78, 5) is 12.7. The van der Waals surface area contributed by atoms with Crippen molar-refractivity contribution in [2.75, 3.05) is 5.32 Å². The van der Waals surface area contributed by atoms with Crippen LogP contribution in [0.1, 0.15) is 11.3 Å². The summed E-state index contributed by atoms with van der Waals surface area (Å²) >= 11 is 0. The van der Waals surface area contributed by atoms with Crippen LogP contribution in [0.3, 0.4) is 0 Å². The Bertz CT molecular complexity index is 1130. The number of rotatable bonds is 4. The summed E-state index contributed by atoms with van der Waals surface area (Å²) in [6.45, 7) is 3.38. The number of nitrogens with one attached hydrogen (secondary N) is 1. The standard InChI is InChI=1S/C18H19N3O4S/c1-12-9-10-14(11-16(12)26(23,24)25)19-17-13(2)20(3)21(18(17)22)15-7-5-4-6-8-15/h4-11,19H,1-3H3,(H,23,24,25). The molecule has 26 heavy (non-hydrogen) atoms. The molecule has 0 amide bonds. The number of nitrogens with zero attached hydrogens (tertiary/aromatic N) is 2. The van der Waals surface area contributed by atoms with E-state index in [0.29, 0.717) is 22.6 Å². The highest BCUT2D eigenvalue weighted by Gasteiger charge is 2.18. The van der Waals surface area contributed by atoms with E-state index in [9.17, 15) is 17.8 Å². The van der Waals surface area contributed by atoms with Crippen molar-refractivity contribution in [2.45, 2.75) is 18.7 Å². The molecule has 7 nitrogen and oxygen atoms in total. The average molecular weight is 373 g/mol. The first-order valence-corrected chi connectivity index (χ1v) is 9.33. The van der Waals surface area contributed by atoms with Gasteiger partial charge in [-0.2, -0.15) is 8.42 Å². The van der Waals surface area contributed by atoms with Crippen LogP contribution in [0.25, 0.3) is 5.69 Å². The van der Waals surface area contributed by atoms with Gasteiger partial charge in [-0.3, -0.25) is 14.0 Å². The highest BCUT2D eigenvalue weighted by Crippen LogP contribution is 2.24. The summed E-state index contributed by atoms with van der Waals surface area (Å²) in [5.74, 6) is 0. The second-order valence-corrected chi connectivity index (χ2v) is 7.41. The number of benzene rings is 2. The van der Waals surface area contributed by atoms with E-state index in [0.717, 1.165) is 5.69 Å². The molecule has 3 aromatic rings. The van der Waals surface area contributed by atoms with Crippen molar-refractivity contribution in [3.05, 3.63) is 70.1 Å². The van der Waals surface area contributed by atoms with Crippen molar-refractivity contribution in [3.8, 4) is 5.69 Å². The lowest BCUT2D eigenvalue weighted by atomic mass is 10.2. The molecule has 0 saturated heterocycles. The fourth-order valence-corrected chi connectivity index (χ4v) is 3.56. The lowest BCUT2D eigenvalue weighted by Crippen LogP contribution is -2.20. The van der Waals surface area contributed by atoms with Gasteiger partial charge in [0.2, 0.25) is 0 Å². The highest BCUT2D eigenvalue weighted by molar-refractivity contribution is 7.85. The Hall–Kier alpha value is -2.84. The molecule has 3 rings (SSSR count). The molecule has 0 spiro atoms. The molecule has 0 aliphatic heterocycles. The quantitative estimate of drug-likeness (QED) is 0.686. The first-order valence-electron chi connectivity index (χ1n) is 7.89. The first kappa shape index (κ1) is 18.0. The number of hydrogen-bond donors (Lipinski definition) is 2. The minimum Gasteiger partial charge on any atom is -0.349 e. The maximum atomic E-state index is 12.9. The molecule has 8 heteroatoms. The Morgan fingerprint density at radius 3 is 2.31 bits per heavy atom. The van der Waals surface area contributed by atoms with E-state index < -0.39 is 10.1 Å². The second kappa shape index (κ2) is 6.47. The third-order valence-corrected chi connectivity index (χ3v) is 5.29. The van der Waals surface area contributed by atoms with Crippen LogP contribution in [0.4, 0.5) is 11.4 Å². The van der Waals surface area contributed by atoms with Crippen molar-refractivity contribution in [1.29, 1.82) is 0 Å². The Morgan fingerprint density at radius 2 is 1.69 bits per heavy atom. The van der Waals surface area contributed by atoms with Gasteiger partial charge in [0.1, 0.15) is 5.69 Å². The first-order chi connectivity index (χ1) is 12.2. The lowest BCUT2D eigenvalue weighted by Gasteiger charge is -2.08. The number of para-hydroxylation sites is 1. The van der Waals surface area contributed by atoms with E-state index in [1.54, 1.807) is 37.7 Å². The zero-order valence-electron chi connectivity index (χ0n) is 14.6. The molecule has 0 radical (unpaired) electrons. The zero-order valence-corrected chi connectivity index (χ0v) is 15.4. The predicted octanol–water partition coefficient (Wildman–Crippen LogP) is 2.78. The van der Waals surface area contributed by atoms with Gasteiger partial charge in [0.25, 0.3) is 15.7 Å². The van der Waals surface area contributed by atoms with Gasteiger partial charge in [0, 0.05) is 12.7 Å². The molecule has 0 atom stereocenters. The van der Waals surface area contributed by atoms with Gasteiger partial charge in [-0.05, 0) is 43.7 Å². The SMILES string of the molecule is Cc1ccc(Nc2c(C)n(C)n(-c3ccccc3)c2=O)cc1S(=O)(=O)O. The van der Waals surface area contributed by atoms with Crippen molar-refractivity contribution in [3.63, 3.8) is 0 Å². The van der Waals surface area contributed by atoms with Crippen LogP contribution in [0.15, 0.2) is 58.2 Å². The zero-order chi connectivity index (χ0) is 19.1. The van der Waals surface area contributed by atoms with E-state index >= 15 is 0 Å². The molecule has 1 aromatic heterocycles. The number of anilines is 2. The molecule has 0 aliphatic carbocycles. The monoisotopic (exact) mass is 373 g/mol. The van der Waals surface area contributed by atoms with Gasteiger partial charge in [-0.25, -0.2) is 4.68 Å². The Balaban J connectivity index is 2.09. The van der Waals surface area contributed by atoms with Crippen LogP contribution in [-0.4, -0.2) is 22.3 Å². The highest BCUT2D eigenvalue weighted by atomic mass is 32.2. The van der Waals surface area contributed by atoms with Crippen LogP contribution in [0.5, 0.6) is 0 Å². The number of hydrogen-bond acceptors (Lipinski definition) is 4. The lowest BCUT2D eigenvalue weighted by molar-refractivity contribution is 0.482. The molecule has 2 N–H and O–H groups in total. The summed E-state index contributed by atoms with van der Waals surface area (Å²) in [6, 6.07) is 13.7. The maximum absolute atomic E-state index is 12.9. The van der Waals surface area contributed by atoms with Gasteiger partial charge >= 0.3 is 0 Å². The predicted molar refractivity (Wildman–Crippen MR) is 100 cm³/mol. The van der Waals surface area contributed by atoms with Crippen LogP contribution in [0, 0.1) is 13.8 Å². The summed E-state index contributed by atoms with van der Waals surface area (Å²) < 4.78 is 35.6. The molecule has 0 bridgehead atoms. The molecular formula is C18H19N3O4S. The van der Waals surface area contributed by atoms with Crippen molar-refractivity contribution in [1.82, 2.24) is 9.36 Å². The fraction of sp³-hybridized carbons (Fsp3) is 0.167. The molecule has 0 saturated carbocycles. The average Bonchev–Trinajstić information content (AvgIpc) is 2.80. The van der Waals surface area contributed by atoms with Gasteiger partial charge in [-0.15, -0.1) is 0 Å². The summed E-state index contributed by atoms with van der Waals surface area (Å²) in [6.07, 6.45) is 0. The smallest absolute Gasteiger partial charge is 0.295 e. The van der Waals surface area contributed by atoms with E-state index in [-0.39, 0.29) is 10.5 Å². The summed E-state index contributed by atoms with van der Waals surface area (Å²) in [7, 11) is -2.57. The molecular weight excluding hydrogens is 354 g/mol. The molecule has 0 fully saturated rings. The van der Waals surface area contributed by atoms with E-state index in [4.69, 9.17) is 0 Å². The van der Waals surface area contributed by atoms with Gasteiger partial charge in [0.05, 0.1) is 16.3 Å². The Morgan fingerprint density at radius 1 is 1.04 bits per heavy atom. The summed E-state index contributed by atoms with van der Waals surface area (Å²) in [5, 5.41) is 2.98. The van der Waals surface area contributed by atoms with E-state index in [1.807, 2.05) is 30.3 Å². The molecule has 0 aliphatic rings. The van der Waals surface area contributed by atoms with E-state index in [2.05, 4.69) is 5.32 Å². The van der Waals surface area contributed by atoms with Crippen LogP contribution in [0.2, 0.25) is 0 Å². The Labute approximate surface area is 151 Å². The van der Waals surface area contributed by atoms with Crippen LogP contribution >= 0.6 is 0 Å². The van der Waals surface area contributed by atoms with Crippen LogP contribution < -0.4 is 10.9 Å².